The zero-order valence-corrected chi connectivity index (χ0v) is 10.4. The average Bonchev–Trinajstić information content (AvgIpc) is 2.35. The van der Waals surface area contributed by atoms with Crippen LogP contribution in [0.4, 0.5) is 0 Å². The Bertz CT molecular complexity index is 324. The molecule has 16 heavy (non-hydrogen) atoms. The first kappa shape index (κ1) is 13.0. The lowest BCUT2D eigenvalue weighted by atomic mass is 10.0. The minimum atomic E-state index is -0.254. The van der Waals surface area contributed by atoms with E-state index in [-0.39, 0.29) is 17.3 Å². The Morgan fingerprint density at radius 3 is 2.56 bits per heavy atom. The highest BCUT2D eigenvalue weighted by Crippen LogP contribution is 2.18. The first-order valence-electron chi connectivity index (χ1n) is 5.41. The summed E-state index contributed by atoms with van der Waals surface area (Å²) in [6.07, 6.45) is 1.66. The maximum atomic E-state index is 11.3. The third-order valence-corrected chi connectivity index (χ3v) is 3.26. The van der Waals surface area contributed by atoms with Crippen molar-refractivity contribution in [2.45, 2.75) is 25.1 Å². The van der Waals surface area contributed by atoms with Gasteiger partial charge in [-0.1, -0.05) is 37.3 Å². The molecule has 0 aliphatic carbocycles. The molecule has 0 saturated heterocycles. The molecular formula is C13H17ClO2. The van der Waals surface area contributed by atoms with Crippen molar-refractivity contribution in [2.24, 2.45) is 5.92 Å². The lowest BCUT2D eigenvalue weighted by Gasteiger charge is -2.15. The van der Waals surface area contributed by atoms with E-state index in [0.717, 1.165) is 12.8 Å². The summed E-state index contributed by atoms with van der Waals surface area (Å²) in [6, 6.07) is 10.1. The fraction of sp³-hybridized carbons (Fsp3) is 0.462. The molecule has 0 fully saturated rings. The molecule has 88 valence electrons. The summed E-state index contributed by atoms with van der Waals surface area (Å²) in [5, 5.41) is -0.173. The summed E-state index contributed by atoms with van der Waals surface area (Å²) in [4.78, 5) is 11.3. The lowest BCUT2D eigenvalue weighted by Crippen LogP contribution is -2.23. The molecular weight excluding hydrogens is 224 g/mol. The number of methoxy groups -OCH3 is 1. The Kier molecular flexibility index (Phi) is 5.33. The molecule has 0 heterocycles. The van der Waals surface area contributed by atoms with Crippen LogP contribution in [0.25, 0.3) is 0 Å². The van der Waals surface area contributed by atoms with Crippen LogP contribution in [0.5, 0.6) is 0 Å². The Morgan fingerprint density at radius 2 is 2.00 bits per heavy atom. The van der Waals surface area contributed by atoms with Crippen molar-refractivity contribution >= 4 is 17.6 Å². The van der Waals surface area contributed by atoms with Crippen LogP contribution in [0, 0.1) is 5.92 Å². The van der Waals surface area contributed by atoms with Crippen molar-refractivity contribution in [1.29, 1.82) is 0 Å². The van der Waals surface area contributed by atoms with Gasteiger partial charge in [-0.3, -0.25) is 4.79 Å². The summed E-state index contributed by atoms with van der Waals surface area (Å²) >= 11 is 6.15. The van der Waals surface area contributed by atoms with E-state index >= 15 is 0 Å². The molecule has 0 bridgehead atoms. The number of esters is 1. The van der Waals surface area contributed by atoms with Crippen molar-refractivity contribution in [3.8, 4) is 0 Å². The summed E-state index contributed by atoms with van der Waals surface area (Å²) in [6.45, 7) is 1.80. The van der Waals surface area contributed by atoms with Gasteiger partial charge >= 0.3 is 5.97 Å². The largest absolute Gasteiger partial charge is 0.469 e. The van der Waals surface area contributed by atoms with Gasteiger partial charge in [0, 0.05) is 5.38 Å². The van der Waals surface area contributed by atoms with Crippen molar-refractivity contribution in [3.63, 3.8) is 0 Å². The van der Waals surface area contributed by atoms with Crippen LogP contribution in [-0.2, 0) is 16.0 Å². The quantitative estimate of drug-likeness (QED) is 0.584. The number of halogens is 1. The van der Waals surface area contributed by atoms with Crippen LogP contribution in [0.15, 0.2) is 30.3 Å². The zero-order chi connectivity index (χ0) is 12.0. The second-order valence-corrected chi connectivity index (χ2v) is 4.41. The van der Waals surface area contributed by atoms with Crippen LogP contribution < -0.4 is 0 Å². The summed E-state index contributed by atoms with van der Waals surface area (Å²) in [7, 11) is 1.39. The fourth-order valence-corrected chi connectivity index (χ4v) is 1.74. The summed E-state index contributed by atoms with van der Waals surface area (Å²) in [5.74, 6) is -0.497. The van der Waals surface area contributed by atoms with Gasteiger partial charge in [0.25, 0.3) is 0 Å². The van der Waals surface area contributed by atoms with Crippen LogP contribution in [-0.4, -0.2) is 18.5 Å². The van der Waals surface area contributed by atoms with Crippen LogP contribution in [0.3, 0.4) is 0 Å². The molecule has 0 radical (unpaired) electrons. The van der Waals surface area contributed by atoms with E-state index in [2.05, 4.69) is 16.9 Å². The van der Waals surface area contributed by atoms with Gasteiger partial charge in [0.1, 0.15) is 0 Å². The average molecular weight is 241 g/mol. The third kappa shape index (κ3) is 3.86. The van der Waals surface area contributed by atoms with Gasteiger partial charge in [0.15, 0.2) is 0 Å². The maximum Gasteiger partial charge on any atom is 0.309 e. The van der Waals surface area contributed by atoms with Gasteiger partial charge in [-0.25, -0.2) is 0 Å². The number of benzene rings is 1. The van der Waals surface area contributed by atoms with Crippen molar-refractivity contribution < 1.29 is 9.53 Å². The maximum absolute atomic E-state index is 11.3. The highest BCUT2D eigenvalue weighted by molar-refractivity contribution is 6.21. The number of rotatable bonds is 5. The molecule has 0 unspecified atom stereocenters. The number of hydrogen-bond donors (Lipinski definition) is 0. The lowest BCUT2D eigenvalue weighted by molar-refractivity contribution is -0.144. The van der Waals surface area contributed by atoms with Gasteiger partial charge in [0.05, 0.1) is 13.0 Å². The molecule has 1 aromatic rings. The predicted molar refractivity (Wildman–Crippen MR) is 65.6 cm³/mol. The summed E-state index contributed by atoms with van der Waals surface area (Å²) in [5.41, 5.74) is 1.24. The van der Waals surface area contributed by atoms with E-state index in [1.165, 1.54) is 12.7 Å². The second kappa shape index (κ2) is 6.54. The van der Waals surface area contributed by atoms with Crippen LogP contribution >= 0.6 is 11.6 Å². The van der Waals surface area contributed by atoms with E-state index in [9.17, 15) is 4.79 Å². The standard InChI is InChI=1S/C13H17ClO2/c1-10(13(15)16-2)12(14)9-8-11-6-4-3-5-7-11/h3-7,10,12H,8-9H2,1-2H3/t10-,12-/m0/s1. The third-order valence-electron chi connectivity index (χ3n) is 2.67. The Balaban J connectivity index is 2.41. The molecule has 0 aliphatic heterocycles. The number of aryl methyl sites for hydroxylation is 1. The van der Waals surface area contributed by atoms with Gasteiger partial charge in [-0.05, 0) is 18.4 Å². The van der Waals surface area contributed by atoms with Gasteiger partial charge < -0.3 is 4.74 Å². The van der Waals surface area contributed by atoms with Crippen molar-refractivity contribution in [2.75, 3.05) is 7.11 Å². The van der Waals surface area contributed by atoms with Gasteiger partial charge in [-0.2, -0.15) is 0 Å². The van der Waals surface area contributed by atoms with E-state index in [4.69, 9.17) is 11.6 Å². The SMILES string of the molecule is COC(=O)[C@@H](C)[C@@H](Cl)CCc1ccccc1. The highest BCUT2D eigenvalue weighted by Gasteiger charge is 2.22. The number of ether oxygens (including phenoxy) is 1. The molecule has 0 N–H and O–H groups in total. The zero-order valence-electron chi connectivity index (χ0n) is 9.65. The molecule has 3 heteroatoms. The first-order valence-corrected chi connectivity index (χ1v) is 5.84. The summed E-state index contributed by atoms with van der Waals surface area (Å²) < 4.78 is 4.66. The van der Waals surface area contributed by atoms with E-state index in [1.807, 2.05) is 18.2 Å². The molecule has 1 aromatic carbocycles. The second-order valence-electron chi connectivity index (χ2n) is 3.85. The number of hydrogen-bond acceptors (Lipinski definition) is 2. The van der Waals surface area contributed by atoms with Crippen molar-refractivity contribution in [1.82, 2.24) is 0 Å². The molecule has 2 atom stereocenters. The molecule has 1 rings (SSSR count). The smallest absolute Gasteiger partial charge is 0.309 e. The van der Waals surface area contributed by atoms with Crippen LogP contribution in [0.1, 0.15) is 18.9 Å². The molecule has 0 spiro atoms. The number of carbonyl (C=O) groups excluding carboxylic acids is 1. The monoisotopic (exact) mass is 240 g/mol. The molecule has 0 saturated carbocycles. The topological polar surface area (TPSA) is 26.3 Å². The Morgan fingerprint density at radius 1 is 1.38 bits per heavy atom. The molecule has 0 aromatic heterocycles. The Hall–Kier alpha value is -1.02. The predicted octanol–water partition coefficient (Wildman–Crippen LogP) is 3.04. The van der Waals surface area contributed by atoms with E-state index < -0.39 is 0 Å². The first-order chi connectivity index (χ1) is 7.65. The van der Waals surface area contributed by atoms with Crippen LogP contribution in [0.2, 0.25) is 0 Å². The number of carbonyl (C=O) groups is 1. The minimum absolute atomic E-state index is 0.173. The highest BCUT2D eigenvalue weighted by atomic mass is 35.5. The van der Waals surface area contributed by atoms with Crippen molar-refractivity contribution in [3.05, 3.63) is 35.9 Å². The van der Waals surface area contributed by atoms with Gasteiger partial charge in [0.2, 0.25) is 0 Å². The fourth-order valence-electron chi connectivity index (χ4n) is 1.53. The molecule has 0 aliphatic rings. The normalized spacial score (nSPS) is 14.2. The Labute approximate surface area is 102 Å². The van der Waals surface area contributed by atoms with E-state index in [1.54, 1.807) is 6.92 Å². The molecule has 2 nitrogen and oxygen atoms in total. The van der Waals surface area contributed by atoms with Gasteiger partial charge in [-0.15, -0.1) is 11.6 Å². The van der Waals surface area contributed by atoms with E-state index in [0.29, 0.717) is 0 Å². The minimum Gasteiger partial charge on any atom is -0.469 e. The number of alkyl halides is 1. The molecule has 0 amide bonds.